The molecule has 0 amide bonds. The van der Waals surface area contributed by atoms with Crippen LogP contribution in [0.5, 0.6) is 0 Å². The zero-order chi connectivity index (χ0) is 17.6. The Bertz CT molecular complexity index is 580. The first kappa shape index (κ1) is 18.3. The summed E-state index contributed by atoms with van der Waals surface area (Å²) in [7, 11) is 2.24. The van der Waals surface area contributed by atoms with E-state index in [-0.39, 0.29) is 5.69 Å². The maximum absolute atomic E-state index is 12.0. The summed E-state index contributed by atoms with van der Waals surface area (Å²) in [5.41, 5.74) is 0.287. The smallest absolute Gasteiger partial charge is 0.320 e. The van der Waals surface area contributed by atoms with Gasteiger partial charge >= 0.3 is 11.9 Å². The molecule has 0 radical (unpaired) electrons. The van der Waals surface area contributed by atoms with E-state index < -0.39 is 34.6 Å². The number of nitrogens with zero attached hydrogens (tertiary/aromatic N) is 1. The number of carbonyl (C=O) groups is 3. The van der Waals surface area contributed by atoms with Crippen LogP contribution >= 0.6 is 0 Å². The number of esters is 2. The molecule has 23 heavy (non-hydrogen) atoms. The Morgan fingerprint density at radius 3 is 1.96 bits per heavy atom. The minimum atomic E-state index is -1.34. The van der Waals surface area contributed by atoms with Gasteiger partial charge in [-0.1, -0.05) is 19.1 Å². The maximum Gasteiger partial charge on any atom is 0.320 e. The summed E-state index contributed by atoms with van der Waals surface area (Å²) >= 11 is 0. The van der Waals surface area contributed by atoms with Gasteiger partial charge in [-0.2, -0.15) is 0 Å². The van der Waals surface area contributed by atoms with Crippen molar-refractivity contribution in [3.8, 4) is 0 Å². The Kier molecular flexibility index (Phi) is 6.37. The molecule has 0 saturated carbocycles. The molecule has 8 nitrogen and oxygen atoms in total. The average molecular weight is 323 g/mol. The van der Waals surface area contributed by atoms with Crippen molar-refractivity contribution in [1.82, 2.24) is 0 Å². The highest BCUT2D eigenvalue weighted by Crippen LogP contribution is 2.34. The fourth-order valence-electron chi connectivity index (χ4n) is 2.35. The fourth-order valence-corrected chi connectivity index (χ4v) is 2.35. The van der Waals surface area contributed by atoms with E-state index in [2.05, 4.69) is 9.47 Å². The van der Waals surface area contributed by atoms with Crippen LogP contribution in [0.3, 0.4) is 0 Å². The lowest BCUT2D eigenvalue weighted by atomic mass is 9.78. The number of nitro benzene ring substituents is 1. The molecule has 0 aliphatic carbocycles. The van der Waals surface area contributed by atoms with Gasteiger partial charge in [0.2, 0.25) is 0 Å². The van der Waals surface area contributed by atoms with Gasteiger partial charge in [-0.3, -0.25) is 19.7 Å². The van der Waals surface area contributed by atoms with E-state index in [4.69, 9.17) is 0 Å². The van der Waals surface area contributed by atoms with Crippen LogP contribution in [-0.4, -0.2) is 37.4 Å². The molecular weight excluding hydrogens is 306 g/mol. The molecule has 0 spiro atoms. The number of rotatable bonds is 7. The van der Waals surface area contributed by atoms with Crippen LogP contribution in [0.25, 0.3) is 0 Å². The summed E-state index contributed by atoms with van der Waals surface area (Å²) in [6.45, 7) is 1.54. The van der Waals surface area contributed by atoms with Gasteiger partial charge in [0, 0.05) is 24.0 Å². The second kappa shape index (κ2) is 8.02. The third kappa shape index (κ3) is 4.12. The molecule has 0 unspecified atom stereocenters. The molecule has 0 heterocycles. The molecule has 0 N–H and O–H groups in total. The molecule has 0 saturated heterocycles. The van der Waals surface area contributed by atoms with Gasteiger partial charge in [0.1, 0.15) is 6.29 Å². The zero-order valence-electron chi connectivity index (χ0n) is 12.9. The van der Waals surface area contributed by atoms with Crippen LogP contribution in [0.1, 0.15) is 18.4 Å². The number of benzene rings is 1. The van der Waals surface area contributed by atoms with E-state index in [1.165, 1.54) is 31.2 Å². The Morgan fingerprint density at radius 1 is 1.13 bits per heavy atom. The first-order valence-corrected chi connectivity index (χ1v) is 6.72. The van der Waals surface area contributed by atoms with Crippen molar-refractivity contribution < 1.29 is 28.8 Å². The van der Waals surface area contributed by atoms with E-state index in [1.54, 1.807) is 0 Å². The van der Waals surface area contributed by atoms with Crippen molar-refractivity contribution in [2.24, 2.45) is 11.8 Å². The van der Waals surface area contributed by atoms with E-state index in [0.29, 0.717) is 11.8 Å². The Labute approximate surface area is 132 Å². The van der Waals surface area contributed by atoms with Crippen molar-refractivity contribution in [1.29, 1.82) is 0 Å². The molecule has 0 aliphatic rings. The van der Waals surface area contributed by atoms with Gasteiger partial charge in [-0.15, -0.1) is 0 Å². The molecule has 1 aromatic rings. The van der Waals surface area contributed by atoms with E-state index in [1.807, 2.05) is 0 Å². The Balaban J connectivity index is 3.36. The van der Waals surface area contributed by atoms with Gasteiger partial charge < -0.3 is 14.3 Å². The molecule has 0 fully saturated rings. The molecular formula is C15H17NO7. The van der Waals surface area contributed by atoms with E-state index >= 15 is 0 Å². The van der Waals surface area contributed by atoms with Gasteiger partial charge in [-0.25, -0.2) is 0 Å². The second-order valence-corrected chi connectivity index (χ2v) is 4.89. The summed E-state index contributed by atoms with van der Waals surface area (Å²) in [6, 6.07) is 5.29. The van der Waals surface area contributed by atoms with Crippen molar-refractivity contribution in [2.45, 2.75) is 12.8 Å². The quantitative estimate of drug-likeness (QED) is 0.245. The van der Waals surface area contributed by atoms with Gasteiger partial charge in [0.15, 0.2) is 5.92 Å². The van der Waals surface area contributed by atoms with Crippen LogP contribution in [0.15, 0.2) is 24.3 Å². The molecule has 1 aromatic carbocycles. The summed E-state index contributed by atoms with van der Waals surface area (Å²) < 4.78 is 9.26. The summed E-state index contributed by atoms with van der Waals surface area (Å²) in [4.78, 5) is 45.3. The topological polar surface area (TPSA) is 113 Å². The third-order valence-corrected chi connectivity index (χ3v) is 3.54. The van der Waals surface area contributed by atoms with Gasteiger partial charge in [0.25, 0.3) is 5.69 Å². The predicted octanol–water partition coefficient (Wildman–Crippen LogP) is 1.48. The summed E-state index contributed by atoms with van der Waals surface area (Å²) in [6.07, 6.45) is 0.602. The second-order valence-electron chi connectivity index (χ2n) is 4.89. The molecule has 124 valence electrons. The number of hydrogen-bond donors (Lipinski definition) is 0. The summed E-state index contributed by atoms with van der Waals surface area (Å²) in [5, 5.41) is 10.7. The number of ether oxygens (including phenoxy) is 2. The number of non-ortho nitro benzene ring substituents is 1. The standard InChI is InChI=1S/C15H17NO7/c1-9(8-17)12(13(14(18)22-2)15(19)23-3)10-4-6-11(7-5-10)16(20)21/h4-9,12-13H,1-3H3/t9-,12-/m0/s1. The molecule has 8 heteroatoms. The van der Waals surface area contributed by atoms with Crippen molar-refractivity contribution >= 4 is 23.9 Å². The molecule has 2 atom stereocenters. The van der Waals surface area contributed by atoms with Crippen molar-refractivity contribution in [3.63, 3.8) is 0 Å². The number of methoxy groups -OCH3 is 2. The number of aldehydes is 1. The average Bonchev–Trinajstić information content (AvgIpc) is 2.57. The molecule has 0 aromatic heterocycles. The summed E-state index contributed by atoms with van der Waals surface area (Å²) in [5.74, 6) is -4.58. The van der Waals surface area contributed by atoms with Gasteiger partial charge in [0.05, 0.1) is 19.1 Å². The van der Waals surface area contributed by atoms with Crippen molar-refractivity contribution in [2.75, 3.05) is 14.2 Å². The largest absolute Gasteiger partial charge is 0.468 e. The third-order valence-electron chi connectivity index (χ3n) is 3.54. The molecule has 0 bridgehead atoms. The minimum Gasteiger partial charge on any atom is -0.468 e. The highest BCUT2D eigenvalue weighted by Gasteiger charge is 2.40. The molecule has 1 rings (SSSR count). The lowest BCUT2D eigenvalue weighted by Gasteiger charge is -2.26. The Hall–Kier alpha value is -2.77. The predicted molar refractivity (Wildman–Crippen MR) is 78.6 cm³/mol. The van der Waals surface area contributed by atoms with Crippen LogP contribution in [0, 0.1) is 22.0 Å². The zero-order valence-corrected chi connectivity index (χ0v) is 12.9. The van der Waals surface area contributed by atoms with Crippen molar-refractivity contribution in [3.05, 3.63) is 39.9 Å². The highest BCUT2D eigenvalue weighted by molar-refractivity contribution is 5.96. The lowest BCUT2D eigenvalue weighted by Crippen LogP contribution is -2.35. The number of hydrogen-bond acceptors (Lipinski definition) is 7. The SMILES string of the molecule is COC(=O)C(C(=O)OC)[C@H](c1ccc([N+](=O)[O-])cc1)[C@@H](C)C=O. The first-order valence-electron chi connectivity index (χ1n) is 6.72. The van der Waals surface area contributed by atoms with Crippen LogP contribution in [-0.2, 0) is 23.9 Å². The lowest BCUT2D eigenvalue weighted by molar-refractivity contribution is -0.384. The maximum atomic E-state index is 12.0. The number of nitro groups is 1. The normalized spacial score (nSPS) is 13.0. The molecule has 0 aliphatic heterocycles. The highest BCUT2D eigenvalue weighted by atomic mass is 16.6. The van der Waals surface area contributed by atoms with Gasteiger partial charge in [-0.05, 0) is 5.56 Å². The van der Waals surface area contributed by atoms with E-state index in [0.717, 1.165) is 14.2 Å². The van der Waals surface area contributed by atoms with E-state index in [9.17, 15) is 24.5 Å². The Morgan fingerprint density at radius 2 is 1.61 bits per heavy atom. The minimum absolute atomic E-state index is 0.140. The van der Waals surface area contributed by atoms with Crippen LogP contribution in [0.2, 0.25) is 0 Å². The monoisotopic (exact) mass is 323 g/mol. The first-order chi connectivity index (χ1) is 10.9. The number of carbonyl (C=O) groups excluding carboxylic acids is 3. The van der Waals surface area contributed by atoms with Crippen LogP contribution in [0.4, 0.5) is 5.69 Å². The fraction of sp³-hybridized carbons (Fsp3) is 0.400. The van der Waals surface area contributed by atoms with Crippen LogP contribution < -0.4 is 0 Å².